The molecule has 1 aromatic heterocycles. The van der Waals surface area contributed by atoms with Crippen molar-refractivity contribution in [3.05, 3.63) is 68.6 Å². The Morgan fingerprint density at radius 2 is 2.00 bits per heavy atom. The van der Waals surface area contributed by atoms with E-state index in [0.29, 0.717) is 0 Å². The summed E-state index contributed by atoms with van der Waals surface area (Å²) in [5.74, 6) is -0.563. The summed E-state index contributed by atoms with van der Waals surface area (Å²) in [4.78, 5) is 26.8. The first-order valence-electron chi connectivity index (χ1n) is 7.11. The molecule has 0 atom stereocenters. The smallest absolute Gasteiger partial charge is 0.344 e. The molecule has 4 nitrogen and oxygen atoms in total. The molecule has 1 aromatic carbocycles. The van der Waals surface area contributed by atoms with Crippen molar-refractivity contribution in [3.8, 4) is 0 Å². The summed E-state index contributed by atoms with van der Waals surface area (Å²) in [6.45, 7) is 2.18. The lowest BCUT2D eigenvalue weighted by Crippen LogP contribution is -2.21. The molecule has 108 valence electrons. The number of fused-ring (bicyclic) bond motifs is 1. The van der Waals surface area contributed by atoms with Crippen molar-refractivity contribution >= 4 is 5.97 Å². The first-order valence-corrected chi connectivity index (χ1v) is 7.11. The van der Waals surface area contributed by atoms with Gasteiger partial charge in [0.1, 0.15) is 12.2 Å². The first-order chi connectivity index (χ1) is 10.1. The summed E-state index contributed by atoms with van der Waals surface area (Å²) in [7, 11) is 0. The molecule has 0 aliphatic heterocycles. The van der Waals surface area contributed by atoms with Gasteiger partial charge in [-0.25, -0.2) is 4.79 Å². The lowest BCUT2D eigenvalue weighted by Gasteiger charge is -2.06. The zero-order valence-electron chi connectivity index (χ0n) is 11.9. The van der Waals surface area contributed by atoms with Gasteiger partial charge >= 0.3 is 5.97 Å². The van der Waals surface area contributed by atoms with Gasteiger partial charge in [-0.15, -0.1) is 0 Å². The number of H-pyrrole nitrogens is 1. The molecule has 2 aromatic rings. The van der Waals surface area contributed by atoms with Gasteiger partial charge in [0.15, 0.2) is 0 Å². The van der Waals surface area contributed by atoms with Crippen LogP contribution in [0.15, 0.2) is 35.1 Å². The second kappa shape index (κ2) is 5.56. The summed E-state index contributed by atoms with van der Waals surface area (Å²) in [6, 6.07) is 9.43. The molecule has 0 spiro atoms. The van der Waals surface area contributed by atoms with Gasteiger partial charge < -0.3 is 9.72 Å². The SMILES string of the molecule is Cc1ccc(COC(=O)c2cc3c([nH]c2=O)CCC3)cc1. The number of hydrogen-bond donors (Lipinski definition) is 1. The van der Waals surface area contributed by atoms with Gasteiger partial charge in [0, 0.05) is 5.69 Å². The topological polar surface area (TPSA) is 59.2 Å². The van der Waals surface area contributed by atoms with E-state index >= 15 is 0 Å². The molecule has 1 aliphatic carbocycles. The van der Waals surface area contributed by atoms with Gasteiger partial charge in [-0.3, -0.25) is 4.79 Å². The number of ether oxygens (including phenoxy) is 1. The number of aromatic amines is 1. The second-order valence-electron chi connectivity index (χ2n) is 5.43. The number of esters is 1. The largest absolute Gasteiger partial charge is 0.457 e. The normalized spacial score (nSPS) is 13.0. The van der Waals surface area contributed by atoms with Gasteiger partial charge in [-0.05, 0) is 43.4 Å². The van der Waals surface area contributed by atoms with Crippen LogP contribution in [-0.4, -0.2) is 11.0 Å². The van der Waals surface area contributed by atoms with Crippen LogP contribution in [0.25, 0.3) is 0 Å². The van der Waals surface area contributed by atoms with E-state index in [1.165, 1.54) is 0 Å². The minimum absolute atomic E-state index is 0.0998. The van der Waals surface area contributed by atoms with Crippen LogP contribution in [0.3, 0.4) is 0 Å². The van der Waals surface area contributed by atoms with Crippen molar-refractivity contribution in [1.29, 1.82) is 0 Å². The van der Waals surface area contributed by atoms with E-state index in [2.05, 4.69) is 4.98 Å². The molecule has 0 unspecified atom stereocenters. The minimum atomic E-state index is -0.563. The van der Waals surface area contributed by atoms with E-state index < -0.39 is 5.97 Å². The van der Waals surface area contributed by atoms with Crippen LogP contribution >= 0.6 is 0 Å². The molecule has 0 fully saturated rings. The van der Waals surface area contributed by atoms with Crippen molar-refractivity contribution in [2.24, 2.45) is 0 Å². The molecular weight excluding hydrogens is 266 g/mol. The maximum absolute atomic E-state index is 12.1. The fourth-order valence-corrected chi connectivity index (χ4v) is 2.58. The number of hydrogen-bond acceptors (Lipinski definition) is 3. The molecule has 0 radical (unpaired) electrons. The minimum Gasteiger partial charge on any atom is -0.457 e. The zero-order valence-corrected chi connectivity index (χ0v) is 11.9. The quantitative estimate of drug-likeness (QED) is 0.881. The van der Waals surface area contributed by atoms with E-state index in [4.69, 9.17) is 4.74 Å². The number of carbonyl (C=O) groups excluding carboxylic acids is 1. The van der Waals surface area contributed by atoms with Crippen LogP contribution in [0.4, 0.5) is 0 Å². The molecule has 1 heterocycles. The summed E-state index contributed by atoms with van der Waals surface area (Å²) in [6.07, 6.45) is 2.81. The van der Waals surface area contributed by atoms with E-state index in [1.54, 1.807) is 6.07 Å². The molecule has 21 heavy (non-hydrogen) atoms. The van der Waals surface area contributed by atoms with Crippen molar-refractivity contribution in [2.45, 2.75) is 32.8 Å². The lowest BCUT2D eigenvalue weighted by atomic mass is 10.1. The number of aryl methyl sites for hydroxylation is 3. The third-order valence-corrected chi connectivity index (χ3v) is 3.80. The van der Waals surface area contributed by atoms with Gasteiger partial charge in [0.05, 0.1) is 0 Å². The highest BCUT2D eigenvalue weighted by atomic mass is 16.5. The fraction of sp³-hybridized carbons (Fsp3) is 0.294. The Labute approximate surface area is 122 Å². The molecule has 0 amide bonds. The Hall–Kier alpha value is -2.36. The van der Waals surface area contributed by atoms with E-state index in [9.17, 15) is 9.59 Å². The highest BCUT2D eigenvalue weighted by molar-refractivity contribution is 5.89. The lowest BCUT2D eigenvalue weighted by molar-refractivity contribution is 0.0470. The predicted octanol–water partition coefficient (Wildman–Crippen LogP) is 2.53. The molecule has 1 N–H and O–H groups in total. The highest BCUT2D eigenvalue weighted by Gasteiger charge is 2.18. The van der Waals surface area contributed by atoms with Crippen LogP contribution < -0.4 is 5.56 Å². The van der Waals surface area contributed by atoms with Gasteiger partial charge in [0.2, 0.25) is 0 Å². The Kier molecular flexibility index (Phi) is 3.60. The van der Waals surface area contributed by atoms with Crippen LogP contribution in [0, 0.1) is 6.92 Å². The van der Waals surface area contributed by atoms with Crippen molar-refractivity contribution in [2.75, 3.05) is 0 Å². The predicted molar refractivity (Wildman–Crippen MR) is 79.4 cm³/mol. The average Bonchev–Trinajstić information content (AvgIpc) is 2.92. The third kappa shape index (κ3) is 2.89. The zero-order chi connectivity index (χ0) is 14.8. The van der Waals surface area contributed by atoms with Crippen LogP contribution in [0.2, 0.25) is 0 Å². The molecule has 0 bridgehead atoms. The third-order valence-electron chi connectivity index (χ3n) is 3.80. The number of nitrogens with one attached hydrogen (secondary N) is 1. The summed E-state index contributed by atoms with van der Waals surface area (Å²) < 4.78 is 5.24. The number of carbonyl (C=O) groups is 1. The fourth-order valence-electron chi connectivity index (χ4n) is 2.58. The molecule has 1 aliphatic rings. The Morgan fingerprint density at radius 1 is 1.24 bits per heavy atom. The molecule has 3 rings (SSSR count). The number of pyridine rings is 1. The van der Waals surface area contributed by atoms with Crippen LogP contribution in [0.5, 0.6) is 0 Å². The number of aromatic nitrogens is 1. The summed E-state index contributed by atoms with van der Waals surface area (Å²) in [5.41, 5.74) is 3.81. The highest BCUT2D eigenvalue weighted by Crippen LogP contribution is 2.19. The summed E-state index contributed by atoms with van der Waals surface area (Å²) in [5, 5.41) is 0. The van der Waals surface area contributed by atoms with Gasteiger partial charge in [-0.1, -0.05) is 29.8 Å². The monoisotopic (exact) mass is 283 g/mol. The van der Waals surface area contributed by atoms with E-state index in [1.807, 2.05) is 31.2 Å². The van der Waals surface area contributed by atoms with E-state index in [0.717, 1.165) is 41.6 Å². The standard InChI is InChI=1S/C17H17NO3/c1-11-5-7-12(8-6-11)10-21-17(20)14-9-13-3-2-4-15(13)18-16(14)19/h5-9H,2-4,10H2,1H3,(H,18,19). The van der Waals surface area contributed by atoms with Gasteiger partial charge in [0.25, 0.3) is 5.56 Å². The molecular formula is C17H17NO3. The number of rotatable bonds is 3. The van der Waals surface area contributed by atoms with Crippen molar-refractivity contribution in [1.82, 2.24) is 4.98 Å². The van der Waals surface area contributed by atoms with E-state index in [-0.39, 0.29) is 17.7 Å². The summed E-state index contributed by atoms with van der Waals surface area (Å²) >= 11 is 0. The average molecular weight is 283 g/mol. The molecule has 0 saturated carbocycles. The maximum atomic E-state index is 12.1. The van der Waals surface area contributed by atoms with Crippen molar-refractivity contribution in [3.63, 3.8) is 0 Å². The van der Waals surface area contributed by atoms with Crippen LogP contribution in [-0.2, 0) is 24.2 Å². The number of benzene rings is 1. The molecule has 0 saturated heterocycles. The Balaban J connectivity index is 1.74. The Morgan fingerprint density at radius 3 is 2.76 bits per heavy atom. The van der Waals surface area contributed by atoms with Gasteiger partial charge in [-0.2, -0.15) is 0 Å². The van der Waals surface area contributed by atoms with Crippen molar-refractivity contribution < 1.29 is 9.53 Å². The van der Waals surface area contributed by atoms with Crippen LogP contribution in [0.1, 0.15) is 39.2 Å². The molecule has 4 heteroatoms. The first kappa shape index (κ1) is 13.6. The second-order valence-corrected chi connectivity index (χ2v) is 5.43. The Bertz CT molecular complexity index is 729. The maximum Gasteiger partial charge on any atom is 0.344 e.